The third-order valence-corrected chi connectivity index (χ3v) is 3.01. The molecule has 1 nitrogen and oxygen atoms in total. The van der Waals surface area contributed by atoms with Crippen molar-refractivity contribution in [2.75, 3.05) is 0 Å². The third kappa shape index (κ3) is 3.98. The van der Waals surface area contributed by atoms with Crippen LogP contribution >= 0.6 is 0 Å². The van der Waals surface area contributed by atoms with Gasteiger partial charge in [-0.05, 0) is 37.1 Å². The van der Waals surface area contributed by atoms with Crippen LogP contribution in [0.15, 0.2) is 36.4 Å². The number of aryl methyl sites for hydroxylation is 2. The van der Waals surface area contributed by atoms with Gasteiger partial charge in [-0.25, -0.2) is 8.78 Å². The molecule has 0 unspecified atom stereocenters. The van der Waals surface area contributed by atoms with E-state index in [4.69, 9.17) is 0 Å². The zero-order chi connectivity index (χ0) is 14.7. The average Bonchev–Trinajstić information content (AvgIpc) is 2.24. The van der Waals surface area contributed by atoms with Gasteiger partial charge in [0.1, 0.15) is 17.4 Å². The smallest absolute Gasteiger partial charge is 0.141 e. The van der Waals surface area contributed by atoms with Crippen molar-refractivity contribution in [2.24, 2.45) is 0 Å². The van der Waals surface area contributed by atoms with Crippen molar-refractivity contribution in [1.82, 2.24) is 0 Å². The Bertz CT molecular complexity index is 551. The van der Waals surface area contributed by atoms with Gasteiger partial charge in [-0.2, -0.15) is 0 Å². The molecule has 0 atom stereocenters. The molecule has 0 radical (unpaired) electrons. The molecule has 20 heavy (non-hydrogen) atoms. The van der Waals surface area contributed by atoms with E-state index in [9.17, 15) is 13.6 Å². The molecule has 0 saturated carbocycles. The molecule has 0 fully saturated rings. The highest BCUT2D eigenvalue weighted by Crippen LogP contribution is 2.13. The van der Waals surface area contributed by atoms with E-state index >= 15 is 0 Å². The Morgan fingerprint density at radius 2 is 1.25 bits per heavy atom. The van der Waals surface area contributed by atoms with Crippen LogP contribution in [0.3, 0.4) is 0 Å². The highest BCUT2D eigenvalue weighted by molar-refractivity contribution is 5.83. The Kier molecular flexibility index (Phi) is 4.28. The van der Waals surface area contributed by atoms with Crippen molar-refractivity contribution in [3.63, 3.8) is 0 Å². The molecule has 0 aromatic heterocycles. The predicted molar refractivity (Wildman–Crippen MR) is 74.7 cm³/mol. The van der Waals surface area contributed by atoms with Gasteiger partial charge in [-0.3, -0.25) is 4.79 Å². The van der Waals surface area contributed by atoms with Crippen LogP contribution < -0.4 is 0 Å². The van der Waals surface area contributed by atoms with Gasteiger partial charge in [0.05, 0.1) is 0 Å². The number of benzene rings is 2. The lowest BCUT2D eigenvalue weighted by atomic mass is 10.00. The molecule has 0 N–H and O–H groups in total. The van der Waals surface area contributed by atoms with E-state index in [0.29, 0.717) is 5.56 Å². The summed E-state index contributed by atoms with van der Waals surface area (Å²) < 4.78 is 26.1. The minimum atomic E-state index is -0.654. The van der Waals surface area contributed by atoms with E-state index in [0.717, 1.165) is 22.8 Å². The highest BCUT2D eigenvalue weighted by atomic mass is 19.1. The number of Topliss-reactive ketones (excluding diaryl/α,β-unsaturated/α-hetero) is 1. The normalized spacial score (nSPS) is 10.6. The van der Waals surface area contributed by atoms with Crippen molar-refractivity contribution in [2.45, 2.75) is 26.7 Å². The van der Waals surface area contributed by atoms with Crippen LogP contribution in [-0.4, -0.2) is 5.78 Å². The number of rotatable bonds is 4. The van der Waals surface area contributed by atoms with Gasteiger partial charge in [-0.1, -0.05) is 29.3 Å². The first-order valence-corrected chi connectivity index (χ1v) is 6.46. The van der Waals surface area contributed by atoms with Crippen molar-refractivity contribution < 1.29 is 13.6 Å². The van der Waals surface area contributed by atoms with Gasteiger partial charge in [0.2, 0.25) is 0 Å². The fraction of sp³-hybridized carbons (Fsp3) is 0.235. The molecule has 0 aliphatic heterocycles. The molecule has 0 bridgehead atoms. The van der Waals surface area contributed by atoms with Gasteiger partial charge in [-0.15, -0.1) is 0 Å². The first-order chi connectivity index (χ1) is 9.42. The first kappa shape index (κ1) is 14.4. The van der Waals surface area contributed by atoms with Gasteiger partial charge in [0.15, 0.2) is 0 Å². The minimum Gasteiger partial charge on any atom is -0.299 e. The molecule has 3 heteroatoms. The second kappa shape index (κ2) is 5.95. The molecule has 2 aromatic carbocycles. The van der Waals surface area contributed by atoms with Crippen molar-refractivity contribution in [3.8, 4) is 0 Å². The van der Waals surface area contributed by atoms with E-state index in [1.807, 2.05) is 32.0 Å². The summed E-state index contributed by atoms with van der Waals surface area (Å²) in [7, 11) is 0. The van der Waals surface area contributed by atoms with Crippen LogP contribution in [0, 0.1) is 25.5 Å². The van der Waals surface area contributed by atoms with E-state index in [2.05, 4.69) is 0 Å². The maximum Gasteiger partial charge on any atom is 0.141 e. The summed E-state index contributed by atoms with van der Waals surface area (Å²) in [6.45, 7) is 3.95. The lowest BCUT2D eigenvalue weighted by Gasteiger charge is -2.05. The molecule has 0 aliphatic rings. The quantitative estimate of drug-likeness (QED) is 0.825. The standard InChI is InChI=1S/C17H16F2O/c1-11-3-12(2)5-13(4-11)8-17(20)9-14-6-15(18)10-16(19)7-14/h3-7,10H,8-9H2,1-2H3. The largest absolute Gasteiger partial charge is 0.299 e. The monoisotopic (exact) mass is 274 g/mol. The summed E-state index contributed by atoms with van der Waals surface area (Å²) in [4.78, 5) is 12.0. The number of ketones is 1. The molecular weight excluding hydrogens is 258 g/mol. The number of hydrogen-bond donors (Lipinski definition) is 0. The maximum atomic E-state index is 13.1. The first-order valence-electron chi connectivity index (χ1n) is 6.46. The number of hydrogen-bond acceptors (Lipinski definition) is 1. The second-order valence-corrected chi connectivity index (χ2v) is 5.17. The second-order valence-electron chi connectivity index (χ2n) is 5.17. The van der Waals surface area contributed by atoms with Crippen LogP contribution in [0.4, 0.5) is 8.78 Å². The molecule has 0 saturated heterocycles. The molecule has 0 aliphatic carbocycles. The maximum absolute atomic E-state index is 13.1. The van der Waals surface area contributed by atoms with Crippen molar-refractivity contribution >= 4 is 5.78 Å². The number of halogens is 2. The van der Waals surface area contributed by atoms with Crippen LogP contribution in [0.5, 0.6) is 0 Å². The molecule has 0 amide bonds. The Morgan fingerprint density at radius 3 is 1.75 bits per heavy atom. The van der Waals surface area contributed by atoms with Gasteiger partial charge >= 0.3 is 0 Å². The zero-order valence-corrected chi connectivity index (χ0v) is 11.5. The van der Waals surface area contributed by atoms with Crippen molar-refractivity contribution in [3.05, 3.63) is 70.3 Å². The summed E-state index contributed by atoms with van der Waals surface area (Å²) >= 11 is 0. The SMILES string of the molecule is Cc1cc(C)cc(CC(=O)Cc2cc(F)cc(F)c2)c1. The van der Waals surface area contributed by atoms with Crippen LogP contribution in [-0.2, 0) is 17.6 Å². The summed E-state index contributed by atoms with van der Waals surface area (Å²) in [6, 6.07) is 9.15. The molecule has 0 spiro atoms. The number of carbonyl (C=O) groups is 1. The lowest BCUT2D eigenvalue weighted by molar-refractivity contribution is -0.117. The van der Waals surface area contributed by atoms with E-state index in [-0.39, 0.29) is 18.6 Å². The molecule has 104 valence electrons. The van der Waals surface area contributed by atoms with Crippen LogP contribution in [0.25, 0.3) is 0 Å². The van der Waals surface area contributed by atoms with Crippen LogP contribution in [0.2, 0.25) is 0 Å². The van der Waals surface area contributed by atoms with Crippen LogP contribution in [0.1, 0.15) is 22.3 Å². The summed E-state index contributed by atoms with van der Waals surface area (Å²) in [5.41, 5.74) is 3.51. The molecule has 0 heterocycles. The highest BCUT2D eigenvalue weighted by Gasteiger charge is 2.08. The zero-order valence-electron chi connectivity index (χ0n) is 11.5. The predicted octanol–water partition coefficient (Wildman–Crippen LogP) is 3.94. The van der Waals surface area contributed by atoms with Gasteiger partial charge < -0.3 is 0 Å². The summed E-state index contributed by atoms with van der Waals surface area (Å²) in [5, 5.41) is 0. The van der Waals surface area contributed by atoms with E-state index in [1.165, 1.54) is 12.1 Å². The molecule has 2 rings (SSSR count). The fourth-order valence-electron chi connectivity index (χ4n) is 2.40. The molecular formula is C17H16F2O. The molecule has 2 aromatic rings. The van der Waals surface area contributed by atoms with E-state index in [1.54, 1.807) is 0 Å². The lowest BCUT2D eigenvalue weighted by Crippen LogP contribution is -2.07. The Morgan fingerprint density at radius 1 is 0.800 bits per heavy atom. The summed E-state index contributed by atoms with van der Waals surface area (Å²) in [5.74, 6) is -1.36. The van der Waals surface area contributed by atoms with E-state index < -0.39 is 11.6 Å². The minimum absolute atomic E-state index is 0.0433. The summed E-state index contributed by atoms with van der Waals surface area (Å²) in [6.07, 6.45) is 0.322. The fourth-order valence-corrected chi connectivity index (χ4v) is 2.40. The van der Waals surface area contributed by atoms with Gasteiger partial charge in [0.25, 0.3) is 0 Å². The average molecular weight is 274 g/mol. The Hall–Kier alpha value is -2.03. The van der Waals surface area contributed by atoms with Gasteiger partial charge in [0, 0.05) is 18.9 Å². The van der Waals surface area contributed by atoms with Crippen molar-refractivity contribution in [1.29, 1.82) is 0 Å². The Balaban J connectivity index is 2.08. The third-order valence-electron chi connectivity index (χ3n) is 3.01. The number of carbonyl (C=O) groups excluding carboxylic acids is 1. The Labute approximate surface area is 117 Å². The topological polar surface area (TPSA) is 17.1 Å².